The second-order valence-electron chi connectivity index (χ2n) is 14.4. The van der Waals surface area contributed by atoms with Crippen molar-refractivity contribution in [2.45, 2.75) is 91.1 Å². The summed E-state index contributed by atoms with van der Waals surface area (Å²) < 4.78 is 20.4. The number of carboxylic acids is 1. The Morgan fingerprint density at radius 3 is 2.44 bits per heavy atom. The van der Waals surface area contributed by atoms with Crippen molar-refractivity contribution in [3.05, 3.63) is 89.6 Å². The molecule has 1 fully saturated rings. The molecule has 9 nitrogen and oxygen atoms in total. The number of ether oxygens (including phenoxy) is 3. The molecule has 0 amide bonds. The summed E-state index contributed by atoms with van der Waals surface area (Å²) in [5.41, 5.74) is 5.03. The van der Waals surface area contributed by atoms with E-state index < -0.39 is 17.7 Å². The van der Waals surface area contributed by atoms with Gasteiger partial charge in [0.25, 0.3) is 0 Å². The van der Waals surface area contributed by atoms with Crippen molar-refractivity contribution in [2.75, 3.05) is 24.6 Å². The number of anilines is 1. The lowest BCUT2D eigenvalue weighted by Crippen LogP contribution is -2.45. The molecule has 1 aliphatic heterocycles. The number of aliphatic carboxylic acids is 1. The third-order valence-electron chi connectivity index (χ3n) is 8.99. The Morgan fingerprint density at radius 2 is 1.80 bits per heavy atom. The number of aromatic nitrogens is 3. The number of halogens is 1. The number of carboxylic acid groups (broad SMARTS) is 1. The van der Waals surface area contributed by atoms with Gasteiger partial charge in [0, 0.05) is 47.4 Å². The van der Waals surface area contributed by atoms with Gasteiger partial charge in [-0.25, -0.2) is 9.78 Å². The molecule has 2 unspecified atom stereocenters. The molecule has 0 bridgehead atoms. The van der Waals surface area contributed by atoms with Gasteiger partial charge >= 0.3 is 5.97 Å². The van der Waals surface area contributed by atoms with Crippen LogP contribution in [0.3, 0.4) is 0 Å². The highest BCUT2D eigenvalue weighted by atomic mass is 35.5. The molecule has 2 aromatic heterocycles. The van der Waals surface area contributed by atoms with Gasteiger partial charge in [-0.1, -0.05) is 42.0 Å². The van der Waals surface area contributed by atoms with Gasteiger partial charge in [-0.15, -0.1) is 13.2 Å². The molecule has 5 rings (SSSR count). The highest BCUT2D eigenvalue weighted by molar-refractivity contribution is 6.31. The Balaban J connectivity index is 1.64. The van der Waals surface area contributed by atoms with Crippen molar-refractivity contribution in [2.24, 2.45) is 0 Å². The Hall–Kier alpha value is -4.18. The van der Waals surface area contributed by atoms with Crippen molar-refractivity contribution >= 4 is 29.0 Å². The van der Waals surface area contributed by atoms with E-state index in [2.05, 4.69) is 31.0 Å². The fourth-order valence-electron chi connectivity index (χ4n) is 6.38. The molecule has 1 aliphatic rings. The van der Waals surface area contributed by atoms with Crippen molar-refractivity contribution in [3.63, 3.8) is 0 Å². The van der Waals surface area contributed by atoms with E-state index in [0.717, 1.165) is 35.1 Å². The summed E-state index contributed by atoms with van der Waals surface area (Å²) in [4.78, 5) is 19.9. The summed E-state index contributed by atoms with van der Waals surface area (Å²) >= 11 is 6.55. The van der Waals surface area contributed by atoms with Crippen LogP contribution in [-0.4, -0.2) is 62.7 Å². The average Bonchev–Trinajstić information content (AvgIpc) is 3.48. The maximum absolute atomic E-state index is 12.8. The van der Waals surface area contributed by atoms with Crippen LogP contribution in [-0.2, 0) is 14.3 Å². The normalized spacial score (nSPS) is 15.9. The number of benzene rings is 2. The van der Waals surface area contributed by atoms with Crippen LogP contribution in [0, 0.1) is 13.8 Å². The highest BCUT2D eigenvalue weighted by Gasteiger charge is 2.37. The molecule has 2 atom stereocenters. The number of aryl methyl sites for hydroxylation is 2. The van der Waals surface area contributed by atoms with Crippen LogP contribution in [0.15, 0.2) is 67.8 Å². The first-order valence-electron chi connectivity index (χ1n) is 17.1. The SMILES string of the molecule is C=CCOC1(C)CCN(c2c(C(OC(C)(C)C)C(=O)O)c(C)nc3cc(-c4cccc(-c5cc(C)c(Cl)cc5OC(C)CC=C)c4)nn23)CC1. The first-order chi connectivity index (χ1) is 23.6. The van der Waals surface area contributed by atoms with Crippen LogP contribution in [0.2, 0.25) is 5.02 Å². The number of fused-ring (bicyclic) bond motifs is 1. The van der Waals surface area contributed by atoms with Gasteiger partial charge in [-0.05, 0) is 90.6 Å². The summed E-state index contributed by atoms with van der Waals surface area (Å²) in [7, 11) is 0. The number of piperidine rings is 1. The molecule has 0 spiro atoms. The number of hydrogen-bond acceptors (Lipinski definition) is 7. The van der Waals surface area contributed by atoms with Crippen molar-refractivity contribution < 1.29 is 24.1 Å². The third kappa shape index (κ3) is 8.23. The summed E-state index contributed by atoms with van der Waals surface area (Å²) in [5.74, 6) is 0.275. The van der Waals surface area contributed by atoms with Gasteiger partial charge in [0.1, 0.15) is 11.6 Å². The molecule has 0 aliphatic carbocycles. The third-order valence-corrected chi connectivity index (χ3v) is 9.40. The minimum atomic E-state index is -1.25. The van der Waals surface area contributed by atoms with E-state index >= 15 is 0 Å². The van der Waals surface area contributed by atoms with E-state index in [1.807, 2.05) is 84.0 Å². The second kappa shape index (κ2) is 15.0. The Morgan fingerprint density at radius 1 is 1.10 bits per heavy atom. The summed E-state index contributed by atoms with van der Waals surface area (Å²) in [6.07, 6.45) is 4.46. The Kier molecular flexibility index (Phi) is 11.1. The Labute approximate surface area is 300 Å². The van der Waals surface area contributed by atoms with E-state index in [1.165, 1.54) is 0 Å². The zero-order valence-electron chi connectivity index (χ0n) is 30.3. The lowest BCUT2D eigenvalue weighted by Gasteiger charge is -2.41. The van der Waals surface area contributed by atoms with Crippen molar-refractivity contribution in [1.29, 1.82) is 0 Å². The van der Waals surface area contributed by atoms with E-state index in [9.17, 15) is 9.90 Å². The lowest BCUT2D eigenvalue weighted by molar-refractivity contribution is -0.160. The lowest BCUT2D eigenvalue weighted by atomic mass is 9.92. The maximum atomic E-state index is 12.8. The maximum Gasteiger partial charge on any atom is 0.337 e. The highest BCUT2D eigenvalue weighted by Crippen LogP contribution is 2.40. The van der Waals surface area contributed by atoms with Crippen molar-refractivity contribution in [1.82, 2.24) is 14.6 Å². The smallest absolute Gasteiger partial charge is 0.337 e. The van der Waals surface area contributed by atoms with Gasteiger partial charge in [0.2, 0.25) is 0 Å². The molecule has 1 N–H and O–H groups in total. The van der Waals surface area contributed by atoms with Crippen LogP contribution in [0.25, 0.3) is 28.0 Å². The molecular weight excluding hydrogens is 652 g/mol. The second-order valence-corrected chi connectivity index (χ2v) is 14.8. The van der Waals surface area contributed by atoms with Crippen LogP contribution >= 0.6 is 11.6 Å². The number of nitrogens with zero attached hydrogens (tertiary/aromatic N) is 4. The predicted octanol–water partition coefficient (Wildman–Crippen LogP) is 9.18. The van der Waals surface area contributed by atoms with Gasteiger partial charge in [0.15, 0.2) is 11.8 Å². The van der Waals surface area contributed by atoms with Gasteiger partial charge < -0.3 is 24.2 Å². The average molecular weight is 701 g/mol. The molecule has 2 aromatic carbocycles. The summed E-state index contributed by atoms with van der Waals surface area (Å²) in [6, 6.07) is 14.0. The monoisotopic (exact) mass is 700 g/mol. The molecular formula is C40H49ClN4O5. The van der Waals surface area contributed by atoms with Gasteiger partial charge in [0.05, 0.1) is 35.2 Å². The van der Waals surface area contributed by atoms with E-state index in [4.69, 9.17) is 35.9 Å². The summed E-state index contributed by atoms with van der Waals surface area (Å²) in [6.45, 7) is 22.9. The van der Waals surface area contributed by atoms with Crippen LogP contribution < -0.4 is 9.64 Å². The van der Waals surface area contributed by atoms with Gasteiger partial charge in [-0.3, -0.25) is 0 Å². The topological polar surface area (TPSA) is 98.4 Å². The largest absolute Gasteiger partial charge is 0.490 e. The molecule has 4 aromatic rings. The first kappa shape index (κ1) is 37.1. The van der Waals surface area contributed by atoms with Crippen LogP contribution in [0.5, 0.6) is 5.75 Å². The quantitative estimate of drug-likeness (QED) is 0.138. The molecule has 10 heteroatoms. The van der Waals surface area contributed by atoms with E-state index in [0.29, 0.717) is 65.3 Å². The zero-order valence-corrected chi connectivity index (χ0v) is 31.0. The standard InChI is InChI=1S/C40H49ClN4O5/c1-10-13-26(4)49-33-23-31(41)25(3)21-30(33)28-14-12-15-29(22-28)32-24-34-42-27(5)35(36(38(46)47)50-39(6,7)8)37(45(34)43-32)44-18-16-40(9,17-19-44)48-20-11-2/h10-12,14-15,21-24,26,36H,1-2,13,16-20H2,3-9H3,(H,46,47). The molecule has 3 heterocycles. The number of hydrogen-bond donors (Lipinski definition) is 1. The molecule has 0 radical (unpaired) electrons. The van der Waals surface area contributed by atoms with Gasteiger partial charge in [-0.2, -0.15) is 9.61 Å². The van der Waals surface area contributed by atoms with Crippen LogP contribution in [0.4, 0.5) is 5.82 Å². The number of rotatable bonds is 13. The number of carbonyl (C=O) groups is 1. The van der Waals surface area contributed by atoms with Crippen molar-refractivity contribution in [3.8, 4) is 28.1 Å². The minimum absolute atomic E-state index is 0.0772. The minimum Gasteiger partial charge on any atom is -0.490 e. The first-order valence-corrected chi connectivity index (χ1v) is 17.5. The van der Waals surface area contributed by atoms with E-state index in [1.54, 1.807) is 10.6 Å². The zero-order chi connectivity index (χ0) is 36.4. The molecule has 50 heavy (non-hydrogen) atoms. The molecule has 1 saturated heterocycles. The fourth-order valence-corrected chi connectivity index (χ4v) is 6.54. The molecule has 0 saturated carbocycles. The summed E-state index contributed by atoms with van der Waals surface area (Å²) in [5, 5.41) is 16.2. The molecule has 266 valence electrons. The predicted molar refractivity (Wildman–Crippen MR) is 200 cm³/mol. The Bertz CT molecular complexity index is 1890. The van der Waals surface area contributed by atoms with E-state index in [-0.39, 0.29) is 11.7 Å². The van der Waals surface area contributed by atoms with Crippen LogP contribution in [0.1, 0.15) is 76.8 Å². The fraction of sp³-hybridized carbons (Fsp3) is 0.425.